The van der Waals surface area contributed by atoms with Gasteiger partial charge in [0.05, 0.1) is 5.69 Å². The standard InChI is InChI=1S/C13H21N3OS/c1-9(2)16-7-10(14)6-12(16)13(17)15-11-4-3-5-18-8-11/h6-7,9,11H,3-5,8,14H2,1-2H3,(H,15,17). The molecule has 1 fully saturated rings. The first kappa shape index (κ1) is 13.3. The molecule has 1 aromatic rings. The van der Waals surface area contributed by atoms with Gasteiger partial charge < -0.3 is 15.6 Å². The van der Waals surface area contributed by atoms with Crippen LogP contribution in [0.4, 0.5) is 5.69 Å². The molecule has 1 unspecified atom stereocenters. The summed E-state index contributed by atoms with van der Waals surface area (Å²) >= 11 is 1.91. The van der Waals surface area contributed by atoms with Crippen LogP contribution < -0.4 is 11.1 Å². The van der Waals surface area contributed by atoms with Gasteiger partial charge in [0.2, 0.25) is 0 Å². The van der Waals surface area contributed by atoms with E-state index in [9.17, 15) is 4.79 Å². The number of nitrogens with one attached hydrogen (secondary N) is 1. The lowest BCUT2D eigenvalue weighted by molar-refractivity contribution is 0.0927. The first-order chi connectivity index (χ1) is 8.58. The molecule has 0 saturated carbocycles. The molecular weight excluding hydrogens is 246 g/mol. The van der Waals surface area contributed by atoms with E-state index in [0.29, 0.717) is 17.4 Å². The van der Waals surface area contributed by atoms with Gasteiger partial charge in [-0.2, -0.15) is 11.8 Å². The molecule has 3 N–H and O–H groups in total. The Labute approximate surface area is 112 Å². The highest BCUT2D eigenvalue weighted by Crippen LogP contribution is 2.19. The second-order valence-electron chi connectivity index (χ2n) is 5.05. The van der Waals surface area contributed by atoms with E-state index in [1.54, 1.807) is 6.07 Å². The van der Waals surface area contributed by atoms with Crippen LogP contribution in [-0.2, 0) is 0 Å². The third kappa shape index (κ3) is 3.02. The molecule has 100 valence electrons. The summed E-state index contributed by atoms with van der Waals surface area (Å²) in [6.07, 6.45) is 4.09. The molecule has 1 aliphatic rings. The molecule has 2 rings (SSSR count). The highest BCUT2D eigenvalue weighted by atomic mass is 32.2. The molecule has 0 radical (unpaired) electrons. The Bertz CT molecular complexity index is 422. The van der Waals surface area contributed by atoms with Crippen molar-refractivity contribution in [2.75, 3.05) is 17.2 Å². The van der Waals surface area contributed by atoms with E-state index in [4.69, 9.17) is 5.73 Å². The maximum absolute atomic E-state index is 12.3. The van der Waals surface area contributed by atoms with Crippen LogP contribution in [0.3, 0.4) is 0 Å². The topological polar surface area (TPSA) is 60.0 Å². The molecule has 5 heteroatoms. The van der Waals surface area contributed by atoms with E-state index < -0.39 is 0 Å². The van der Waals surface area contributed by atoms with E-state index in [0.717, 1.165) is 12.2 Å². The summed E-state index contributed by atoms with van der Waals surface area (Å²) in [7, 11) is 0. The summed E-state index contributed by atoms with van der Waals surface area (Å²) in [4.78, 5) is 12.3. The quantitative estimate of drug-likeness (QED) is 0.883. The molecule has 1 aromatic heterocycles. The number of nitrogen functional groups attached to an aromatic ring is 1. The van der Waals surface area contributed by atoms with Crippen LogP contribution in [0.15, 0.2) is 12.3 Å². The van der Waals surface area contributed by atoms with Crippen LogP contribution in [-0.4, -0.2) is 28.0 Å². The number of thioether (sulfide) groups is 1. The lowest BCUT2D eigenvalue weighted by Gasteiger charge is -2.23. The van der Waals surface area contributed by atoms with E-state index >= 15 is 0 Å². The first-order valence-corrected chi connectivity index (χ1v) is 7.59. The number of anilines is 1. The minimum Gasteiger partial charge on any atom is -0.397 e. The SMILES string of the molecule is CC(C)n1cc(N)cc1C(=O)NC1CCCSC1. The average Bonchev–Trinajstić information content (AvgIpc) is 2.73. The lowest BCUT2D eigenvalue weighted by atomic mass is 10.2. The molecule has 1 atom stereocenters. The van der Waals surface area contributed by atoms with Gasteiger partial charge in [0.1, 0.15) is 5.69 Å². The molecule has 1 amide bonds. The Morgan fingerprint density at radius 1 is 1.61 bits per heavy atom. The number of rotatable bonds is 3. The monoisotopic (exact) mass is 267 g/mol. The van der Waals surface area contributed by atoms with Crippen LogP contribution >= 0.6 is 11.8 Å². The van der Waals surface area contributed by atoms with Gasteiger partial charge in [-0.3, -0.25) is 4.79 Å². The zero-order chi connectivity index (χ0) is 13.1. The zero-order valence-electron chi connectivity index (χ0n) is 11.0. The van der Waals surface area contributed by atoms with E-state index in [2.05, 4.69) is 5.32 Å². The lowest BCUT2D eigenvalue weighted by Crippen LogP contribution is -2.39. The van der Waals surface area contributed by atoms with E-state index in [-0.39, 0.29) is 11.9 Å². The number of aromatic nitrogens is 1. The number of carbonyl (C=O) groups excluding carboxylic acids is 1. The van der Waals surface area contributed by atoms with Crippen molar-refractivity contribution in [3.05, 3.63) is 18.0 Å². The summed E-state index contributed by atoms with van der Waals surface area (Å²) in [5.74, 6) is 2.22. The predicted molar refractivity (Wildman–Crippen MR) is 77.0 cm³/mol. The third-order valence-electron chi connectivity index (χ3n) is 3.15. The van der Waals surface area contributed by atoms with Crippen LogP contribution in [0, 0.1) is 0 Å². The predicted octanol–water partition coefficient (Wildman–Crippen LogP) is 2.28. The van der Waals surface area contributed by atoms with E-state index in [1.807, 2.05) is 36.4 Å². The Morgan fingerprint density at radius 2 is 2.39 bits per heavy atom. The first-order valence-electron chi connectivity index (χ1n) is 6.44. The van der Waals surface area contributed by atoms with Crippen LogP contribution in [0.1, 0.15) is 43.2 Å². The van der Waals surface area contributed by atoms with Gasteiger partial charge in [-0.25, -0.2) is 0 Å². The highest BCUT2D eigenvalue weighted by molar-refractivity contribution is 7.99. The van der Waals surface area contributed by atoms with Crippen LogP contribution in [0.25, 0.3) is 0 Å². The average molecular weight is 267 g/mol. The Balaban J connectivity index is 2.08. The molecule has 18 heavy (non-hydrogen) atoms. The molecule has 2 heterocycles. The summed E-state index contributed by atoms with van der Waals surface area (Å²) < 4.78 is 1.93. The van der Waals surface area contributed by atoms with Gasteiger partial charge in [0, 0.05) is 24.0 Å². The second-order valence-corrected chi connectivity index (χ2v) is 6.20. The summed E-state index contributed by atoms with van der Waals surface area (Å²) in [5, 5.41) is 3.11. The number of hydrogen-bond donors (Lipinski definition) is 2. The zero-order valence-corrected chi connectivity index (χ0v) is 11.8. The van der Waals surface area contributed by atoms with Crippen molar-refractivity contribution in [2.24, 2.45) is 0 Å². The van der Waals surface area contributed by atoms with E-state index in [1.165, 1.54) is 12.2 Å². The maximum atomic E-state index is 12.3. The van der Waals surface area contributed by atoms with Gasteiger partial charge in [-0.15, -0.1) is 0 Å². The fourth-order valence-corrected chi connectivity index (χ4v) is 3.30. The number of carbonyl (C=O) groups is 1. The van der Waals surface area contributed by atoms with Gasteiger partial charge in [-0.1, -0.05) is 0 Å². The summed E-state index contributed by atoms with van der Waals surface area (Å²) in [5.41, 5.74) is 7.09. The molecule has 0 aromatic carbocycles. The van der Waals surface area contributed by atoms with Gasteiger partial charge in [0.15, 0.2) is 0 Å². The fourth-order valence-electron chi connectivity index (χ4n) is 2.22. The third-order valence-corrected chi connectivity index (χ3v) is 4.37. The maximum Gasteiger partial charge on any atom is 0.268 e. The molecule has 1 aliphatic heterocycles. The number of amides is 1. The largest absolute Gasteiger partial charge is 0.397 e. The molecule has 1 saturated heterocycles. The van der Waals surface area contributed by atoms with Gasteiger partial charge >= 0.3 is 0 Å². The number of nitrogens with two attached hydrogens (primary N) is 1. The molecular formula is C13H21N3OS. The van der Waals surface area contributed by atoms with Crippen molar-refractivity contribution >= 4 is 23.4 Å². The minimum absolute atomic E-state index is 0.00657. The molecule has 4 nitrogen and oxygen atoms in total. The normalized spacial score (nSPS) is 20.1. The highest BCUT2D eigenvalue weighted by Gasteiger charge is 2.20. The van der Waals surface area contributed by atoms with Crippen LogP contribution in [0.5, 0.6) is 0 Å². The molecule has 0 bridgehead atoms. The van der Waals surface area contributed by atoms with Crippen LogP contribution in [0.2, 0.25) is 0 Å². The smallest absolute Gasteiger partial charge is 0.268 e. The summed E-state index contributed by atoms with van der Waals surface area (Å²) in [6.45, 7) is 4.10. The Hall–Kier alpha value is -1.10. The van der Waals surface area contributed by atoms with Crippen molar-refractivity contribution < 1.29 is 4.79 Å². The number of hydrogen-bond acceptors (Lipinski definition) is 3. The van der Waals surface area contributed by atoms with Crippen molar-refractivity contribution in [3.8, 4) is 0 Å². The Kier molecular flexibility index (Phi) is 4.22. The number of nitrogens with zero attached hydrogens (tertiary/aromatic N) is 1. The van der Waals surface area contributed by atoms with Gasteiger partial charge in [-0.05, 0) is 38.5 Å². The van der Waals surface area contributed by atoms with Crippen molar-refractivity contribution in [1.82, 2.24) is 9.88 Å². The summed E-state index contributed by atoms with van der Waals surface area (Å²) in [6, 6.07) is 2.29. The van der Waals surface area contributed by atoms with Gasteiger partial charge in [0.25, 0.3) is 5.91 Å². The fraction of sp³-hybridized carbons (Fsp3) is 0.615. The van der Waals surface area contributed by atoms with Crippen molar-refractivity contribution in [3.63, 3.8) is 0 Å². The second kappa shape index (κ2) is 5.69. The minimum atomic E-state index is -0.00657. The molecule has 0 aliphatic carbocycles. The van der Waals surface area contributed by atoms with Crippen molar-refractivity contribution in [1.29, 1.82) is 0 Å². The Morgan fingerprint density at radius 3 is 3.00 bits per heavy atom. The molecule has 0 spiro atoms. The van der Waals surface area contributed by atoms with Crippen molar-refractivity contribution in [2.45, 2.75) is 38.8 Å².